The summed E-state index contributed by atoms with van der Waals surface area (Å²) in [5.41, 5.74) is 1.04. The number of hydrogen-bond donors (Lipinski definition) is 3. The molecular weight excluding hydrogens is 376 g/mol. The van der Waals surface area contributed by atoms with E-state index in [1.54, 1.807) is 12.1 Å². The van der Waals surface area contributed by atoms with Crippen LogP contribution in [0.2, 0.25) is 0 Å². The second-order valence-electron chi connectivity index (χ2n) is 5.74. The van der Waals surface area contributed by atoms with Crippen molar-refractivity contribution in [2.45, 2.75) is 6.92 Å². The molecule has 5 nitrogen and oxygen atoms in total. The number of aromatic carboxylic acids is 1. The van der Waals surface area contributed by atoms with Crippen LogP contribution in [0, 0.1) is 18.6 Å². The molecule has 1 aromatic heterocycles. The first-order valence-electron chi connectivity index (χ1n) is 7.69. The highest BCUT2D eigenvalue weighted by Gasteiger charge is 2.23. The van der Waals surface area contributed by atoms with Crippen molar-refractivity contribution in [2.75, 3.05) is 5.32 Å². The molecular formula is C19H13F2NO4S. The molecule has 0 fully saturated rings. The highest BCUT2D eigenvalue weighted by molar-refractivity contribution is 7.14. The lowest BCUT2D eigenvalue weighted by Gasteiger charge is -2.08. The van der Waals surface area contributed by atoms with Crippen LogP contribution in [-0.4, -0.2) is 22.1 Å². The zero-order chi connectivity index (χ0) is 19.7. The third-order valence-electron chi connectivity index (χ3n) is 3.88. The number of carboxylic acid groups (broad SMARTS) is 1. The summed E-state index contributed by atoms with van der Waals surface area (Å²) in [5.74, 6) is -6.20. The number of carbonyl (C=O) groups is 2. The van der Waals surface area contributed by atoms with Crippen LogP contribution in [0.1, 0.15) is 26.3 Å². The number of rotatable bonds is 4. The van der Waals surface area contributed by atoms with E-state index in [1.807, 2.05) is 19.1 Å². The number of nitrogens with one attached hydrogen (secondary N) is 1. The van der Waals surface area contributed by atoms with Gasteiger partial charge in [0.1, 0.15) is 5.56 Å². The van der Waals surface area contributed by atoms with Gasteiger partial charge < -0.3 is 15.5 Å². The second-order valence-corrected chi connectivity index (χ2v) is 6.62. The maximum atomic E-state index is 13.5. The van der Waals surface area contributed by atoms with Gasteiger partial charge in [0.05, 0.1) is 16.1 Å². The summed E-state index contributed by atoms with van der Waals surface area (Å²) < 4.78 is 26.6. The van der Waals surface area contributed by atoms with Crippen LogP contribution in [0.25, 0.3) is 10.4 Å². The largest absolute Gasteiger partial charge is 0.504 e. The zero-order valence-electron chi connectivity index (χ0n) is 13.9. The average Bonchev–Trinajstić information content (AvgIpc) is 3.04. The summed E-state index contributed by atoms with van der Waals surface area (Å²) >= 11 is 1.12. The van der Waals surface area contributed by atoms with Crippen LogP contribution in [0.15, 0.2) is 41.8 Å². The fourth-order valence-corrected chi connectivity index (χ4v) is 3.49. The van der Waals surface area contributed by atoms with E-state index in [4.69, 9.17) is 0 Å². The lowest BCUT2D eigenvalue weighted by Crippen LogP contribution is -2.15. The van der Waals surface area contributed by atoms with Gasteiger partial charge in [-0.25, -0.2) is 9.18 Å². The highest BCUT2D eigenvalue weighted by Crippen LogP contribution is 2.36. The standard InChI is InChI=1S/C19H13F2NO4S/c1-9-2-4-10(5-3-9)17-14(19(25)26)13(8-27-17)22-18(24)11-6-7-12(20)15(21)16(11)23/h2-8,23H,1H3,(H,22,24)(H,25,26). The number of hydrogen-bond acceptors (Lipinski definition) is 4. The number of benzene rings is 2. The molecule has 0 aliphatic carbocycles. The second kappa shape index (κ2) is 7.16. The monoisotopic (exact) mass is 389 g/mol. The van der Waals surface area contributed by atoms with Crippen molar-refractivity contribution >= 4 is 28.9 Å². The minimum atomic E-state index is -1.55. The average molecular weight is 389 g/mol. The fourth-order valence-electron chi connectivity index (χ4n) is 2.49. The van der Waals surface area contributed by atoms with E-state index in [0.717, 1.165) is 23.0 Å². The van der Waals surface area contributed by atoms with E-state index >= 15 is 0 Å². The molecule has 0 spiro atoms. The van der Waals surface area contributed by atoms with E-state index in [9.17, 15) is 28.6 Å². The maximum absolute atomic E-state index is 13.5. The van der Waals surface area contributed by atoms with E-state index < -0.39 is 34.8 Å². The topological polar surface area (TPSA) is 86.6 Å². The summed E-state index contributed by atoms with van der Waals surface area (Å²) in [6.07, 6.45) is 0. The van der Waals surface area contributed by atoms with Gasteiger partial charge in [-0.3, -0.25) is 4.79 Å². The van der Waals surface area contributed by atoms with E-state index in [0.29, 0.717) is 16.5 Å². The molecule has 1 amide bonds. The molecule has 0 radical (unpaired) electrons. The summed E-state index contributed by atoms with van der Waals surface area (Å²) in [6.45, 7) is 1.90. The van der Waals surface area contributed by atoms with Crippen molar-refractivity contribution in [3.8, 4) is 16.2 Å². The van der Waals surface area contributed by atoms with Crippen molar-refractivity contribution in [2.24, 2.45) is 0 Å². The van der Waals surface area contributed by atoms with Crippen molar-refractivity contribution in [1.29, 1.82) is 0 Å². The van der Waals surface area contributed by atoms with Gasteiger partial charge >= 0.3 is 5.97 Å². The lowest BCUT2D eigenvalue weighted by molar-refractivity contribution is 0.0699. The predicted molar refractivity (Wildman–Crippen MR) is 97.4 cm³/mol. The Bertz CT molecular complexity index is 1040. The minimum Gasteiger partial charge on any atom is -0.504 e. The summed E-state index contributed by atoms with van der Waals surface area (Å²) in [5, 5.41) is 23.0. The molecule has 138 valence electrons. The third kappa shape index (κ3) is 3.52. The van der Waals surface area contributed by atoms with E-state index in [2.05, 4.69) is 5.32 Å². The van der Waals surface area contributed by atoms with Crippen LogP contribution in [-0.2, 0) is 0 Å². The van der Waals surface area contributed by atoms with Gasteiger partial charge in [0.25, 0.3) is 5.91 Å². The Morgan fingerprint density at radius 3 is 2.37 bits per heavy atom. The molecule has 2 aromatic carbocycles. The Hall–Kier alpha value is -3.26. The third-order valence-corrected chi connectivity index (χ3v) is 4.91. The number of phenols is 1. The molecule has 0 bridgehead atoms. The number of thiophene rings is 1. The van der Waals surface area contributed by atoms with Crippen molar-refractivity contribution in [3.63, 3.8) is 0 Å². The first-order valence-corrected chi connectivity index (χ1v) is 8.57. The Balaban J connectivity index is 1.98. The van der Waals surface area contributed by atoms with Gasteiger partial charge in [0.15, 0.2) is 11.6 Å². The Kier molecular flexibility index (Phi) is 4.91. The SMILES string of the molecule is Cc1ccc(-c2scc(NC(=O)c3ccc(F)c(F)c3O)c2C(=O)O)cc1. The van der Waals surface area contributed by atoms with E-state index in [-0.39, 0.29) is 11.3 Å². The zero-order valence-corrected chi connectivity index (χ0v) is 14.7. The number of phenolic OH excluding ortho intramolecular Hbond substituents is 1. The molecule has 0 atom stereocenters. The molecule has 3 rings (SSSR count). The Labute approximate surface area is 156 Å². The molecule has 3 aromatic rings. The van der Waals surface area contributed by atoms with Crippen LogP contribution in [0.5, 0.6) is 5.75 Å². The normalized spacial score (nSPS) is 10.6. The fraction of sp³-hybridized carbons (Fsp3) is 0.0526. The molecule has 0 unspecified atom stereocenters. The molecule has 0 saturated heterocycles. The van der Waals surface area contributed by atoms with Crippen LogP contribution in [0.4, 0.5) is 14.5 Å². The van der Waals surface area contributed by atoms with Crippen molar-refractivity contribution in [3.05, 3.63) is 70.1 Å². The number of carbonyl (C=O) groups excluding carboxylic acids is 1. The van der Waals surface area contributed by atoms with Crippen LogP contribution < -0.4 is 5.32 Å². The number of halogens is 2. The smallest absolute Gasteiger partial charge is 0.339 e. The molecule has 0 aliphatic rings. The van der Waals surface area contributed by atoms with Crippen molar-refractivity contribution < 1.29 is 28.6 Å². The van der Waals surface area contributed by atoms with Gasteiger partial charge in [0, 0.05) is 5.38 Å². The highest BCUT2D eigenvalue weighted by atomic mass is 32.1. The van der Waals surface area contributed by atoms with Crippen LogP contribution in [0.3, 0.4) is 0 Å². The van der Waals surface area contributed by atoms with Crippen molar-refractivity contribution in [1.82, 2.24) is 0 Å². The minimum absolute atomic E-state index is 0.00259. The predicted octanol–water partition coefficient (Wildman–Crippen LogP) is 4.66. The lowest BCUT2D eigenvalue weighted by atomic mass is 10.1. The van der Waals surface area contributed by atoms with E-state index in [1.165, 1.54) is 5.38 Å². The number of carboxylic acids is 1. The number of aryl methyl sites for hydroxylation is 1. The van der Waals surface area contributed by atoms with Gasteiger partial charge in [-0.15, -0.1) is 11.3 Å². The summed E-state index contributed by atoms with van der Waals surface area (Å²) in [6, 6.07) is 8.81. The molecule has 0 saturated carbocycles. The number of amides is 1. The molecule has 8 heteroatoms. The maximum Gasteiger partial charge on any atom is 0.339 e. The molecule has 0 aliphatic heterocycles. The van der Waals surface area contributed by atoms with Gasteiger partial charge in [0.2, 0.25) is 5.82 Å². The number of aromatic hydroxyl groups is 1. The first-order chi connectivity index (χ1) is 12.8. The summed E-state index contributed by atoms with van der Waals surface area (Å²) in [4.78, 5) is 24.5. The number of anilines is 1. The molecule has 3 N–H and O–H groups in total. The van der Waals surface area contributed by atoms with Crippen LogP contribution >= 0.6 is 11.3 Å². The van der Waals surface area contributed by atoms with Gasteiger partial charge in [-0.1, -0.05) is 29.8 Å². The quantitative estimate of drug-likeness (QED) is 0.606. The molecule has 27 heavy (non-hydrogen) atoms. The molecule has 1 heterocycles. The summed E-state index contributed by atoms with van der Waals surface area (Å²) in [7, 11) is 0. The first kappa shape index (κ1) is 18.5. The Morgan fingerprint density at radius 1 is 1.07 bits per heavy atom. The van der Waals surface area contributed by atoms with Gasteiger partial charge in [-0.05, 0) is 24.6 Å². The van der Waals surface area contributed by atoms with Gasteiger partial charge in [-0.2, -0.15) is 4.39 Å². The Morgan fingerprint density at radius 2 is 1.74 bits per heavy atom.